The number of furan rings is 1. The summed E-state index contributed by atoms with van der Waals surface area (Å²) in [7, 11) is -1.88. The number of imidazole rings is 1. The van der Waals surface area contributed by atoms with Crippen molar-refractivity contribution in [3.8, 4) is 0 Å². The number of sulfonamides is 1. The van der Waals surface area contributed by atoms with Crippen molar-refractivity contribution >= 4 is 10.0 Å². The standard InChI is InChI=1S/C19H25N5O3S/c1-14(2)23-12-19(20-13-23)28(25,26)24(10-15-6-5-9-27-15)11-17-16-7-4-8-18(16)22(3)21-17/h5-6,9,12-14H,4,7-8,10-11H2,1-3H3. The van der Waals surface area contributed by atoms with Crippen LogP contribution in [0.2, 0.25) is 0 Å². The summed E-state index contributed by atoms with van der Waals surface area (Å²) in [5, 5.41) is 4.64. The van der Waals surface area contributed by atoms with Gasteiger partial charge in [0.25, 0.3) is 10.0 Å². The van der Waals surface area contributed by atoms with Gasteiger partial charge in [0.05, 0.1) is 31.4 Å². The Morgan fingerprint density at radius 1 is 1.29 bits per heavy atom. The number of hydrogen-bond acceptors (Lipinski definition) is 5. The zero-order chi connectivity index (χ0) is 19.9. The van der Waals surface area contributed by atoms with E-state index in [1.165, 1.54) is 15.6 Å². The van der Waals surface area contributed by atoms with Gasteiger partial charge >= 0.3 is 0 Å². The van der Waals surface area contributed by atoms with Crippen LogP contribution in [-0.4, -0.2) is 32.1 Å². The highest BCUT2D eigenvalue weighted by Gasteiger charge is 2.31. The van der Waals surface area contributed by atoms with Crippen LogP contribution in [0.25, 0.3) is 0 Å². The zero-order valence-electron chi connectivity index (χ0n) is 16.4. The van der Waals surface area contributed by atoms with E-state index < -0.39 is 10.0 Å². The van der Waals surface area contributed by atoms with Crippen molar-refractivity contribution in [1.29, 1.82) is 0 Å². The van der Waals surface area contributed by atoms with Gasteiger partial charge in [-0.05, 0) is 50.8 Å². The topological polar surface area (TPSA) is 86.2 Å². The number of aryl methyl sites for hydroxylation is 1. The molecular formula is C19H25N5O3S. The Bertz CT molecular complexity index is 1060. The molecule has 0 fully saturated rings. The number of aromatic nitrogens is 4. The minimum Gasteiger partial charge on any atom is -0.468 e. The number of nitrogens with zero attached hydrogens (tertiary/aromatic N) is 5. The van der Waals surface area contributed by atoms with Crippen LogP contribution >= 0.6 is 0 Å². The van der Waals surface area contributed by atoms with Gasteiger partial charge in [-0.3, -0.25) is 4.68 Å². The average Bonchev–Trinajstić information content (AvgIpc) is 3.42. The van der Waals surface area contributed by atoms with Crippen molar-refractivity contribution in [1.82, 2.24) is 23.6 Å². The van der Waals surface area contributed by atoms with Crippen LogP contribution in [0.4, 0.5) is 0 Å². The molecule has 1 aliphatic carbocycles. The fourth-order valence-electron chi connectivity index (χ4n) is 3.66. The van der Waals surface area contributed by atoms with Crippen LogP contribution in [0.15, 0.2) is 40.4 Å². The van der Waals surface area contributed by atoms with Crippen molar-refractivity contribution < 1.29 is 12.8 Å². The minimum atomic E-state index is -3.80. The Kier molecular flexibility index (Phi) is 4.88. The number of fused-ring (bicyclic) bond motifs is 1. The molecule has 3 aromatic rings. The van der Waals surface area contributed by atoms with Gasteiger partial charge in [0.2, 0.25) is 0 Å². The van der Waals surface area contributed by atoms with E-state index >= 15 is 0 Å². The third kappa shape index (κ3) is 3.40. The average molecular weight is 404 g/mol. The van der Waals surface area contributed by atoms with Gasteiger partial charge in [0.15, 0.2) is 5.03 Å². The summed E-state index contributed by atoms with van der Waals surface area (Å²) in [4.78, 5) is 4.16. The number of hydrogen-bond donors (Lipinski definition) is 0. The first-order valence-corrected chi connectivity index (χ1v) is 10.9. The maximum Gasteiger partial charge on any atom is 0.262 e. The second-order valence-corrected chi connectivity index (χ2v) is 9.34. The van der Waals surface area contributed by atoms with Crippen LogP contribution in [0.3, 0.4) is 0 Å². The van der Waals surface area contributed by atoms with Gasteiger partial charge in [-0.1, -0.05) is 0 Å². The van der Waals surface area contributed by atoms with E-state index in [2.05, 4.69) is 10.1 Å². The molecule has 0 aromatic carbocycles. The molecule has 0 atom stereocenters. The quantitative estimate of drug-likeness (QED) is 0.605. The van der Waals surface area contributed by atoms with E-state index in [1.54, 1.807) is 35.5 Å². The fourth-order valence-corrected chi connectivity index (χ4v) is 4.95. The second kappa shape index (κ2) is 7.21. The van der Waals surface area contributed by atoms with Crippen molar-refractivity contribution in [2.75, 3.05) is 0 Å². The zero-order valence-corrected chi connectivity index (χ0v) is 17.2. The third-order valence-electron chi connectivity index (χ3n) is 5.22. The lowest BCUT2D eigenvalue weighted by Crippen LogP contribution is -2.31. The molecule has 0 N–H and O–H groups in total. The monoisotopic (exact) mass is 403 g/mol. The molecule has 0 spiro atoms. The summed E-state index contributed by atoms with van der Waals surface area (Å²) in [6.07, 6.45) is 7.70. The molecule has 0 aliphatic heterocycles. The summed E-state index contributed by atoms with van der Waals surface area (Å²) in [6, 6.07) is 3.67. The molecule has 1 aliphatic rings. The second-order valence-electron chi connectivity index (χ2n) is 7.45. The Morgan fingerprint density at radius 2 is 2.11 bits per heavy atom. The van der Waals surface area contributed by atoms with Gasteiger partial charge < -0.3 is 8.98 Å². The van der Waals surface area contributed by atoms with Crippen LogP contribution in [0.1, 0.15) is 49.0 Å². The molecule has 28 heavy (non-hydrogen) atoms. The van der Waals surface area contributed by atoms with Crippen molar-refractivity contribution in [3.63, 3.8) is 0 Å². The maximum atomic E-state index is 13.4. The molecule has 4 rings (SSSR count). The van der Waals surface area contributed by atoms with E-state index in [4.69, 9.17) is 4.42 Å². The molecular weight excluding hydrogens is 378 g/mol. The molecule has 0 unspecified atom stereocenters. The Balaban J connectivity index is 1.70. The lowest BCUT2D eigenvalue weighted by molar-refractivity contribution is 0.352. The Morgan fingerprint density at radius 3 is 2.79 bits per heavy atom. The molecule has 8 nitrogen and oxygen atoms in total. The molecule has 0 amide bonds. The summed E-state index contributed by atoms with van der Waals surface area (Å²) in [6.45, 7) is 4.29. The molecule has 150 valence electrons. The van der Waals surface area contributed by atoms with Crippen LogP contribution < -0.4 is 0 Å². The lowest BCUT2D eigenvalue weighted by atomic mass is 10.2. The minimum absolute atomic E-state index is 0.0420. The highest BCUT2D eigenvalue weighted by molar-refractivity contribution is 7.89. The predicted octanol–water partition coefficient (Wildman–Crippen LogP) is 2.67. The molecule has 0 radical (unpaired) electrons. The van der Waals surface area contributed by atoms with Gasteiger partial charge in [0.1, 0.15) is 5.76 Å². The first-order valence-electron chi connectivity index (χ1n) is 9.46. The van der Waals surface area contributed by atoms with E-state index in [-0.39, 0.29) is 24.2 Å². The van der Waals surface area contributed by atoms with E-state index in [0.717, 1.165) is 25.0 Å². The molecule has 0 bridgehead atoms. The molecule has 9 heteroatoms. The Hall–Kier alpha value is -2.39. The normalized spacial score (nSPS) is 14.3. The molecule has 3 heterocycles. The van der Waals surface area contributed by atoms with Crippen molar-refractivity contribution in [3.05, 3.63) is 53.6 Å². The Labute approximate surface area is 164 Å². The van der Waals surface area contributed by atoms with E-state index in [0.29, 0.717) is 5.76 Å². The third-order valence-corrected chi connectivity index (χ3v) is 6.89. The lowest BCUT2D eigenvalue weighted by Gasteiger charge is -2.19. The summed E-state index contributed by atoms with van der Waals surface area (Å²) in [5.74, 6) is 0.583. The van der Waals surface area contributed by atoms with E-state index in [1.807, 2.05) is 25.6 Å². The number of rotatable bonds is 7. The smallest absolute Gasteiger partial charge is 0.262 e. The highest BCUT2D eigenvalue weighted by atomic mass is 32.2. The highest BCUT2D eigenvalue weighted by Crippen LogP contribution is 2.28. The van der Waals surface area contributed by atoms with Gasteiger partial charge in [-0.25, -0.2) is 13.4 Å². The first kappa shape index (κ1) is 18.9. The SMILES string of the molecule is CC(C)n1cnc(S(=O)(=O)N(Cc2ccco2)Cc2nn(C)c3c2CCC3)c1. The van der Waals surface area contributed by atoms with Gasteiger partial charge in [-0.15, -0.1) is 0 Å². The largest absolute Gasteiger partial charge is 0.468 e. The van der Waals surface area contributed by atoms with Gasteiger partial charge in [0, 0.05) is 25.0 Å². The molecule has 0 saturated carbocycles. The van der Waals surface area contributed by atoms with E-state index in [9.17, 15) is 8.42 Å². The molecule has 3 aromatic heterocycles. The van der Waals surface area contributed by atoms with Crippen molar-refractivity contribution in [2.45, 2.75) is 57.3 Å². The summed E-state index contributed by atoms with van der Waals surface area (Å²) in [5.41, 5.74) is 3.19. The molecule has 0 saturated heterocycles. The summed E-state index contributed by atoms with van der Waals surface area (Å²) < 4.78 is 37.2. The fraction of sp³-hybridized carbons (Fsp3) is 0.474. The first-order chi connectivity index (χ1) is 13.4. The maximum absolute atomic E-state index is 13.4. The predicted molar refractivity (Wildman–Crippen MR) is 103 cm³/mol. The van der Waals surface area contributed by atoms with Gasteiger partial charge in [-0.2, -0.15) is 9.40 Å². The van der Waals surface area contributed by atoms with Crippen LogP contribution in [0, 0.1) is 0 Å². The van der Waals surface area contributed by atoms with Crippen molar-refractivity contribution in [2.24, 2.45) is 7.05 Å². The van der Waals surface area contributed by atoms with Crippen LogP contribution in [0.5, 0.6) is 0 Å². The van der Waals surface area contributed by atoms with Crippen LogP contribution in [-0.2, 0) is 43.0 Å². The summed E-state index contributed by atoms with van der Waals surface area (Å²) >= 11 is 0.